The second-order valence-electron chi connectivity index (χ2n) is 5.36. The minimum atomic E-state index is 0. The van der Waals surface area contributed by atoms with Crippen molar-refractivity contribution in [2.24, 2.45) is 7.05 Å². The molecule has 6 nitrogen and oxygen atoms in total. The average molecular weight is 341 g/mol. The molecular weight excluding hydrogens is 320 g/mol. The summed E-state index contributed by atoms with van der Waals surface area (Å²) in [6.07, 6.45) is 5.90. The lowest BCUT2D eigenvalue weighted by molar-refractivity contribution is 0.434. The molecule has 0 spiro atoms. The molecule has 0 unspecified atom stereocenters. The van der Waals surface area contributed by atoms with Crippen LogP contribution in [0.15, 0.2) is 17.6 Å². The number of halogens is 1. The van der Waals surface area contributed by atoms with E-state index in [0.29, 0.717) is 5.92 Å². The van der Waals surface area contributed by atoms with Crippen molar-refractivity contribution in [1.82, 2.24) is 30.0 Å². The fourth-order valence-corrected chi connectivity index (χ4v) is 3.33. The van der Waals surface area contributed by atoms with Crippen LogP contribution in [0.25, 0.3) is 0 Å². The molecule has 1 N–H and O–H groups in total. The van der Waals surface area contributed by atoms with Crippen molar-refractivity contribution in [2.45, 2.75) is 36.6 Å². The van der Waals surface area contributed by atoms with E-state index in [-0.39, 0.29) is 12.4 Å². The van der Waals surface area contributed by atoms with Gasteiger partial charge in [0.15, 0.2) is 5.16 Å². The number of rotatable bonds is 4. The smallest absolute Gasteiger partial charge is 0.191 e. The number of thioether (sulfide) groups is 1. The van der Waals surface area contributed by atoms with Crippen molar-refractivity contribution in [2.75, 3.05) is 13.1 Å². The number of piperidine rings is 1. The Morgan fingerprint density at radius 3 is 2.68 bits per heavy atom. The minimum Gasteiger partial charge on any atom is -0.317 e. The van der Waals surface area contributed by atoms with Gasteiger partial charge >= 0.3 is 0 Å². The van der Waals surface area contributed by atoms with E-state index in [1.54, 1.807) is 18.0 Å². The van der Waals surface area contributed by atoms with Crippen molar-refractivity contribution in [3.63, 3.8) is 0 Å². The zero-order valence-corrected chi connectivity index (χ0v) is 14.5. The molecule has 120 valence electrons. The van der Waals surface area contributed by atoms with Gasteiger partial charge in [0.25, 0.3) is 0 Å². The molecule has 0 amide bonds. The third-order valence-corrected chi connectivity index (χ3v) is 4.81. The Morgan fingerprint density at radius 1 is 1.23 bits per heavy atom. The summed E-state index contributed by atoms with van der Waals surface area (Å²) in [4.78, 5) is 8.64. The van der Waals surface area contributed by atoms with Gasteiger partial charge in [-0.05, 0) is 32.9 Å². The summed E-state index contributed by atoms with van der Waals surface area (Å²) < 4.78 is 2.13. The van der Waals surface area contributed by atoms with Crippen LogP contribution < -0.4 is 5.32 Å². The maximum atomic E-state index is 4.39. The molecule has 1 fully saturated rings. The summed E-state index contributed by atoms with van der Waals surface area (Å²) in [7, 11) is 2.06. The Labute approximate surface area is 140 Å². The maximum Gasteiger partial charge on any atom is 0.191 e. The lowest BCUT2D eigenvalue weighted by Crippen LogP contribution is -2.27. The molecule has 22 heavy (non-hydrogen) atoms. The molecule has 0 aromatic carbocycles. The molecule has 8 heteroatoms. The Balaban J connectivity index is 0.00000176. The molecular formula is C14H21ClN6S. The quantitative estimate of drug-likeness (QED) is 0.860. The first-order valence-corrected chi connectivity index (χ1v) is 8.23. The van der Waals surface area contributed by atoms with E-state index in [1.807, 2.05) is 13.1 Å². The van der Waals surface area contributed by atoms with Crippen molar-refractivity contribution < 1.29 is 0 Å². The Bertz CT molecular complexity index is 594. The van der Waals surface area contributed by atoms with Gasteiger partial charge in [-0.1, -0.05) is 11.8 Å². The largest absolute Gasteiger partial charge is 0.317 e. The van der Waals surface area contributed by atoms with E-state index in [0.717, 1.165) is 54.1 Å². The highest BCUT2D eigenvalue weighted by molar-refractivity contribution is 7.98. The third-order valence-electron chi connectivity index (χ3n) is 3.76. The van der Waals surface area contributed by atoms with E-state index < -0.39 is 0 Å². The van der Waals surface area contributed by atoms with E-state index in [4.69, 9.17) is 0 Å². The van der Waals surface area contributed by atoms with Crippen molar-refractivity contribution in [3.8, 4) is 0 Å². The maximum absolute atomic E-state index is 4.39. The van der Waals surface area contributed by atoms with Crippen LogP contribution in [0.3, 0.4) is 0 Å². The van der Waals surface area contributed by atoms with Gasteiger partial charge in [-0.25, -0.2) is 0 Å². The molecule has 3 rings (SSSR count). The zero-order valence-electron chi connectivity index (χ0n) is 12.8. The number of nitrogens with one attached hydrogen (secondary N) is 1. The first-order chi connectivity index (χ1) is 10.2. The highest BCUT2D eigenvalue weighted by Gasteiger charge is 2.21. The lowest BCUT2D eigenvalue weighted by Gasteiger charge is -2.21. The van der Waals surface area contributed by atoms with Gasteiger partial charge in [0, 0.05) is 31.1 Å². The molecule has 0 radical (unpaired) electrons. The summed E-state index contributed by atoms with van der Waals surface area (Å²) in [5, 5.41) is 13.1. The van der Waals surface area contributed by atoms with E-state index in [9.17, 15) is 0 Å². The van der Waals surface area contributed by atoms with E-state index in [1.165, 1.54) is 0 Å². The summed E-state index contributed by atoms with van der Waals surface area (Å²) >= 11 is 1.66. The SMILES string of the molecule is Cc1cnc(CSc2nnc(C3CCNCC3)n2C)cn1.Cl. The molecule has 1 saturated heterocycles. The van der Waals surface area contributed by atoms with Gasteiger partial charge in [0.05, 0.1) is 11.4 Å². The predicted octanol–water partition coefficient (Wildman–Crippen LogP) is 2.09. The minimum absolute atomic E-state index is 0. The van der Waals surface area contributed by atoms with Crippen LogP contribution in [0.2, 0.25) is 0 Å². The van der Waals surface area contributed by atoms with Gasteiger partial charge in [-0.3, -0.25) is 9.97 Å². The van der Waals surface area contributed by atoms with Crippen LogP contribution in [-0.4, -0.2) is 37.8 Å². The number of aryl methyl sites for hydroxylation is 1. The second-order valence-corrected chi connectivity index (χ2v) is 6.30. The molecule has 2 aromatic rings. The Hall–Kier alpha value is -1.18. The fourth-order valence-electron chi connectivity index (χ4n) is 2.52. The van der Waals surface area contributed by atoms with Crippen molar-refractivity contribution in [1.29, 1.82) is 0 Å². The monoisotopic (exact) mass is 340 g/mol. The number of hydrogen-bond acceptors (Lipinski definition) is 6. The Morgan fingerprint density at radius 2 is 2.00 bits per heavy atom. The van der Waals surface area contributed by atoms with Crippen LogP contribution in [0.1, 0.15) is 36.0 Å². The number of hydrogen-bond donors (Lipinski definition) is 1. The molecule has 0 aliphatic carbocycles. The summed E-state index contributed by atoms with van der Waals surface area (Å²) in [6, 6.07) is 0. The van der Waals surface area contributed by atoms with Gasteiger partial charge in [0.2, 0.25) is 0 Å². The van der Waals surface area contributed by atoms with Gasteiger partial charge < -0.3 is 9.88 Å². The highest BCUT2D eigenvalue weighted by atomic mass is 35.5. The van der Waals surface area contributed by atoms with Crippen LogP contribution >= 0.6 is 24.2 Å². The van der Waals surface area contributed by atoms with Crippen LogP contribution in [-0.2, 0) is 12.8 Å². The molecule has 0 atom stereocenters. The van der Waals surface area contributed by atoms with Crippen LogP contribution in [0.4, 0.5) is 0 Å². The lowest BCUT2D eigenvalue weighted by atomic mass is 9.97. The standard InChI is InChI=1S/C14H20N6S.ClH/c1-10-7-17-12(8-16-10)9-21-14-19-18-13(20(14)2)11-3-5-15-6-4-11;/h7-8,11,15H,3-6,9H2,1-2H3;1H. The molecule has 3 heterocycles. The van der Waals surface area contributed by atoms with Gasteiger partial charge in [-0.15, -0.1) is 22.6 Å². The highest BCUT2D eigenvalue weighted by Crippen LogP contribution is 2.27. The van der Waals surface area contributed by atoms with E-state index in [2.05, 4.69) is 37.1 Å². The molecule has 2 aromatic heterocycles. The number of nitrogens with zero attached hydrogens (tertiary/aromatic N) is 5. The van der Waals surface area contributed by atoms with Crippen LogP contribution in [0, 0.1) is 6.92 Å². The zero-order chi connectivity index (χ0) is 14.7. The summed E-state index contributed by atoms with van der Waals surface area (Å²) in [6.45, 7) is 4.08. The first kappa shape index (κ1) is 17.2. The molecule has 0 saturated carbocycles. The van der Waals surface area contributed by atoms with Gasteiger partial charge in [-0.2, -0.15) is 0 Å². The molecule has 1 aliphatic rings. The van der Waals surface area contributed by atoms with Crippen molar-refractivity contribution in [3.05, 3.63) is 29.6 Å². The predicted molar refractivity (Wildman–Crippen MR) is 89.4 cm³/mol. The molecule has 0 bridgehead atoms. The topological polar surface area (TPSA) is 68.5 Å². The first-order valence-electron chi connectivity index (χ1n) is 7.24. The normalized spacial score (nSPS) is 15.5. The summed E-state index contributed by atoms with van der Waals surface area (Å²) in [5.74, 6) is 2.40. The summed E-state index contributed by atoms with van der Waals surface area (Å²) in [5.41, 5.74) is 1.91. The van der Waals surface area contributed by atoms with E-state index >= 15 is 0 Å². The second kappa shape index (κ2) is 7.89. The fraction of sp³-hybridized carbons (Fsp3) is 0.571. The third kappa shape index (κ3) is 3.97. The molecule has 1 aliphatic heterocycles. The van der Waals surface area contributed by atoms with Gasteiger partial charge in [0.1, 0.15) is 5.82 Å². The van der Waals surface area contributed by atoms with Crippen LogP contribution in [0.5, 0.6) is 0 Å². The average Bonchev–Trinajstić information content (AvgIpc) is 2.89. The number of aromatic nitrogens is 5. The van der Waals surface area contributed by atoms with Crippen molar-refractivity contribution >= 4 is 24.2 Å². The Kier molecular flexibility index (Phi) is 6.16.